The molecule has 0 aliphatic carbocycles. The van der Waals surface area contributed by atoms with Crippen LogP contribution in [0.3, 0.4) is 0 Å². The Morgan fingerprint density at radius 3 is 0.971 bits per heavy atom. The van der Waals surface area contributed by atoms with Crippen LogP contribution in [0.2, 0.25) is 45.8 Å². The van der Waals surface area contributed by atoms with Crippen LogP contribution in [-0.2, 0) is 16.5 Å². The molecule has 0 saturated carbocycles. The molecule has 0 aromatic heterocycles. The zero-order valence-corrected chi connectivity index (χ0v) is 26.8. The van der Waals surface area contributed by atoms with Gasteiger partial charge >= 0.3 is 25.7 Å². The van der Waals surface area contributed by atoms with Gasteiger partial charge in [-0.05, 0) is 61.4 Å². The fourth-order valence-electron chi connectivity index (χ4n) is 4.31. The minimum absolute atomic E-state index is 1.10. The van der Waals surface area contributed by atoms with Crippen molar-refractivity contribution in [1.29, 1.82) is 0 Å². The highest BCUT2D eigenvalue weighted by molar-refractivity contribution is 6.99. The Morgan fingerprint density at radius 2 is 0.706 bits per heavy atom. The number of hydrogen-bond donors (Lipinski definition) is 0. The van der Waals surface area contributed by atoms with E-state index in [1.54, 1.807) is 0 Å². The van der Waals surface area contributed by atoms with Gasteiger partial charge in [-0.2, -0.15) is 0 Å². The second-order valence-electron chi connectivity index (χ2n) is 9.47. The van der Waals surface area contributed by atoms with Crippen molar-refractivity contribution in [2.75, 3.05) is 0 Å². The van der Waals surface area contributed by atoms with Crippen LogP contribution in [0.15, 0.2) is 91.0 Å². The van der Waals surface area contributed by atoms with Gasteiger partial charge in [-0.15, -0.1) is 0 Å². The molecule has 0 heterocycles. The predicted molar refractivity (Wildman–Crippen MR) is 155 cm³/mol. The molecule has 2 unspecified atom stereocenters. The normalized spacial score (nSPS) is 17.2. The second kappa shape index (κ2) is 11.5. The molecule has 4 nitrogen and oxygen atoms in total. The number of benzene rings is 3. The average Bonchev–Trinajstić information content (AvgIpc) is 2.79. The second-order valence-corrected chi connectivity index (χ2v) is 24.6. The van der Waals surface area contributed by atoms with Crippen LogP contribution in [0.1, 0.15) is 0 Å². The van der Waals surface area contributed by atoms with Crippen LogP contribution in [0, 0.1) is 0 Å². The molecule has 0 amide bonds. The molecule has 0 bridgehead atoms. The average molecular weight is 543 g/mol. The fourth-order valence-corrected chi connectivity index (χ4v) is 24.6. The van der Waals surface area contributed by atoms with Crippen molar-refractivity contribution in [3.8, 4) is 0 Å². The molecule has 0 N–H and O–H groups in total. The van der Waals surface area contributed by atoms with Gasteiger partial charge in [0.2, 0.25) is 0 Å². The molecule has 0 fully saturated rings. The Balaban J connectivity index is 2.12. The summed E-state index contributed by atoms with van der Waals surface area (Å²) in [6, 6.07) is 31.3. The number of hydrogen-bond acceptors (Lipinski definition) is 4. The Morgan fingerprint density at radius 1 is 0.441 bits per heavy atom. The Hall–Kier alpha value is -1.42. The van der Waals surface area contributed by atoms with E-state index in [0.717, 1.165) is 15.6 Å². The van der Waals surface area contributed by atoms with E-state index in [-0.39, 0.29) is 0 Å². The standard InChI is InChI=1S/C25H38O4Si5/c1-30(2)26-32(5,23-17-11-8-12-18-23)28-34(7,25-21-15-10-16-22-25)29-33(6,27-31(3)4)24-19-13-9-14-20-24/h8-22,30-31H,1-7H3. The SMILES string of the molecule is C[SiH](C)O[Si](C)(O[Si](C)(O[Si](C)(O[SiH](C)C)c1ccccc1)c1ccccc1)c1ccccc1. The van der Waals surface area contributed by atoms with Gasteiger partial charge in [-0.1, -0.05) is 91.0 Å². The zero-order chi connectivity index (χ0) is 24.8. The van der Waals surface area contributed by atoms with Gasteiger partial charge in [-0.25, -0.2) is 0 Å². The molecule has 3 aromatic rings. The largest absolute Gasteiger partial charge is 0.436 e. The molecule has 0 aliphatic rings. The molecule has 3 rings (SSSR count). The Labute approximate surface area is 212 Å². The molecule has 0 aliphatic heterocycles. The molecule has 182 valence electrons. The molecular formula is C25H38O4Si5. The first-order valence-electron chi connectivity index (χ1n) is 12.0. The van der Waals surface area contributed by atoms with Crippen LogP contribution in [-0.4, -0.2) is 43.8 Å². The summed E-state index contributed by atoms with van der Waals surface area (Å²) < 4.78 is 28.0. The monoisotopic (exact) mass is 542 g/mol. The van der Waals surface area contributed by atoms with E-state index in [1.807, 2.05) is 18.2 Å². The molecule has 34 heavy (non-hydrogen) atoms. The first kappa shape index (κ1) is 27.2. The molecule has 3 aromatic carbocycles. The predicted octanol–water partition coefficient (Wildman–Crippen LogP) is 3.96. The maximum Gasteiger partial charge on any atom is 0.352 e. The lowest BCUT2D eigenvalue weighted by atomic mass is 10.4. The highest BCUT2D eigenvalue weighted by atomic mass is 28.5. The van der Waals surface area contributed by atoms with Crippen molar-refractivity contribution in [2.45, 2.75) is 45.8 Å². The maximum absolute atomic E-state index is 7.25. The summed E-state index contributed by atoms with van der Waals surface area (Å²) in [7, 11) is -11.3. The zero-order valence-electron chi connectivity index (χ0n) is 21.4. The first-order chi connectivity index (χ1) is 16.1. The minimum atomic E-state index is -2.98. The van der Waals surface area contributed by atoms with E-state index in [0.29, 0.717) is 0 Å². The van der Waals surface area contributed by atoms with Crippen LogP contribution in [0.4, 0.5) is 0 Å². The lowest BCUT2D eigenvalue weighted by Crippen LogP contribution is -2.69. The topological polar surface area (TPSA) is 36.9 Å². The smallest absolute Gasteiger partial charge is 0.352 e. The van der Waals surface area contributed by atoms with Gasteiger partial charge in [0.15, 0.2) is 18.1 Å². The summed E-state index contributed by atoms with van der Waals surface area (Å²) >= 11 is 0. The van der Waals surface area contributed by atoms with Crippen LogP contribution in [0.25, 0.3) is 0 Å². The summed E-state index contributed by atoms with van der Waals surface area (Å²) in [6.07, 6.45) is 0. The summed E-state index contributed by atoms with van der Waals surface area (Å²) in [6.45, 7) is 15.3. The lowest BCUT2D eigenvalue weighted by Gasteiger charge is -2.43. The van der Waals surface area contributed by atoms with Gasteiger partial charge < -0.3 is 16.5 Å². The van der Waals surface area contributed by atoms with E-state index in [1.165, 1.54) is 0 Å². The van der Waals surface area contributed by atoms with Crippen molar-refractivity contribution in [3.63, 3.8) is 0 Å². The van der Waals surface area contributed by atoms with Gasteiger partial charge in [0.1, 0.15) is 0 Å². The van der Waals surface area contributed by atoms with Gasteiger partial charge in [-0.3, -0.25) is 0 Å². The van der Waals surface area contributed by atoms with E-state index < -0.39 is 43.8 Å². The Bertz CT molecular complexity index is 962. The Kier molecular flexibility index (Phi) is 9.23. The maximum atomic E-state index is 7.25. The molecule has 0 radical (unpaired) electrons. The quantitative estimate of drug-likeness (QED) is 0.344. The van der Waals surface area contributed by atoms with Crippen LogP contribution in [0.5, 0.6) is 0 Å². The summed E-state index contributed by atoms with van der Waals surface area (Å²) in [4.78, 5) is 0. The van der Waals surface area contributed by atoms with Crippen molar-refractivity contribution in [2.24, 2.45) is 0 Å². The molecule has 0 saturated heterocycles. The van der Waals surface area contributed by atoms with E-state index >= 15 is 0 Å². The summed E-state index contributed by atoms with van der Waals surface area (Å²) in [5.74, 6) is 0. The highest BCUT2D eigenvalue weighted by Gasteiger charge is 2.51. The minimum Gasteiger partial charge on any atom is -0.436 e. The number of rotatable bonds is 11. The van der Waals surface area contributed by atoms with Crippen LogP contribution >= 0.6 is 0 Å². The third kappa shape index (κ3) is 6.83. The van der Waals surface area contributed by atoms with Crippen LogP contribution < -0.4 is 15.6 Å². The molecular weight excluding hydrogens is 505 g/mol. The van der Waals surface area contributed by atoms with Crippen molar-refractivity contribution < 1.29 is 16.5 Å². The molecule has 0 spiro atoms. The molecule has 2 atom stereocenters. The molecule has 9 heteroatoms. The fraction of sp³-hybridized carbons (Fsp3) is 0.280. The van der Waals surface area contributed by atoms with Gasteiger partial charge in [0.05, 0.1) is 0 Å². The summed E-state index contributed by atoms with van der Waals surface area (Å²) in [5, 5.41) is 3.37. The highest BCUT2D eigenvalue weighted by Crippen LogP contribution is 2.24. The van der Waals surface area contributed by atoms with E-state index in [9.17, 15) is 0 Å². The third-order valence-corrected chi connectivity index (χ3v) is 23.3. The van der Waals surface area contributed by atoms with E-state index in [2.05, 4.69) is 119 Å². The van der Waals surface area contributed by atoms with Crippen molar-refractivity contribution >= 4 is 59.3 Å². The third-order valence-electron chi connectivity index (χ3n) is 5.59. The first-order valence-corrected chi connectivity index (χ1v) is 24.5. The van der Waals surface area contributed by atoms with Gasteiger partial charge in [0.25, 0.3) is 0 Å². The van der Waals surface area contributed by atoms with E-state index in [4.69, 9.17) is 16.5 Å². The van der Waals surface area contributed by atoms with Gasteiger partial charge in [0, 0.05) is 0 Å². The summed E-state index contributed by atoms with van der Waals surface area (Å²) in [5.41, 5.74) is 0. The van der Waals surface area contributed by atoms with Crippen molar-refractivity contribution in [3.05, 3.63) is 91.0 Å². The van der Waals surface area contributed by atoms with Crippen molar-refractivity contribution in [1.82, 2.24) is 0 Å². The lowest BCUT2D eigenvalue weighted by molar-refractivity contribution is 0.318.